The van der Waals surface area contributed by atoms with Gasteiger partial charge in [-0.25, -0.2) is 0 Å². The molecule has 0 amide bonds. The first-order valence-electron chi connectivity index (χ1n) is 7.65. The second-order valence-electron chi connectivity index (χ2n) is 5.42. The maximum absolute atomic E-state index is 3.41. The lowest BCUT2D eigenvalue weighted by molar-refractivity contribution is 0.244. The molecule has 1 N–H and O–H groups in total. The first-order chi connectivity index (χ1) is 9.69. The van der Waals surface area contributed by atoms with Gasteiger partial charge in [0.2, 0.25) is 0 Å². The van der Waals surface area contributed by atoms with Gasteiger partial charge in [0.25, 0.3) is 0 Å². The summed E-state index contributed by atoms with van der Waals surface area (Å²) in [7, 11) is 2.24. The molecular formula is C17H30N2S. The Morgan fingerprint density at radius 3 is 2.60 bits per heavy atom. The van der Waals surface area contributed by atoms with Crippen LogP contribution in [0.2, 0.25) is 0 Å². The van der Waals surface area contributed by atoms with E-state index < -0.39 is 0 Å². The van der Waals surface area contributed by atoms with Crippen molar-refractivity contribution in [2.45, 2.75) is 39.3 Å². The van der Waals surface area contributed by atoms with Gasteiger partial charge >= 0.3 is 0 Å². The lowest BCUT2D eigenvalue weighted by atomic mass is 10.0. The highest BCUT2D eigenvalue weighted by atomic mass is 32.2. The lowest BCUT2D eigenvalue weighted by Crippen LogP contribution is -2.29. The number of hydrogen-bond acceptors (Lipinski definition) is 3. The summed E-state index contributed by atoms with van der Waals surface area (Å²) in [4.78, 5) is 2.47. The molecule has 0 bridgehead atoms. The Bertz CT molecular complexity index is 368. The van der Waals surface area contributed by atoms with E-state index >= 15 is 0 Å². The van der Waals surface area contributed by atoms with Crippen molar-refractivity contribution < 1.29 is 0 Å². The Labute approximate surface area is 129 Å². The van der Waals surface area contributed by atoms with E-state index in [-0.39, 0.29) is 0 Å². The van der Waals surface area contributed by atoms with Crippen LogP contribution in [0, 0.1) is 0 Å². The van der Waals surface area contributed by atoms with E-state index in [0.717, 1.165) is 26.1 Å². The predicted octanol–water partition coefficient (Wildman–Crippen LogP) is 3.41. The highest BCUT2D eigenvalue weighted by Gasteiger charge is 2.11. The van der Waals surface area contributed by atoms with Crippen molar-refractivity contribution in [3.05, 3.63) is 35.4 Å². The van der Waals surface area contributed by atoms with Gasteiger partial charge in [-0.15, -0.1) is 0 Å². The van der Waals surface area contributed by atoms with Crippen LogP contribution in [0.15, 0.2) is 24.3 Å². The number of rotatable bonds is 10. The van der Waals surface area contributed by atoms with E-state index in [4.69, 9.17) is 0 Å². The van der Waals surface area contributed by atoms with E-state index in [0.29, 0.717) is 6.04 Å². The van der Waals surface area contributed by atoms with Gasteiger partial charge in [-0.2, -0.15) is 11.8 Å². The molecule has 0 saturated carbocycles. The minimum atomic E-state index is 0.643. The summed E-state index contributed by atoms with van der Waals surface area (Å²) < 4.78 is 0. The van der Waals surface area contributed by atoms with Crippen LogP contribution in [-0.4, -0.2) is 43.1 Å². The van der Waals surface area contributed by atoms with Crippen LogP contribution in [0.4, 0.5) is 0 Å². The number of benzene rings is 1. The molecule has 20 heavy (non-hydrogen) atoms. The maximum Gasteiger partial charge on any atom is 0.0236 e. The van der Waals surface area contributed by atoms with Crippen molar-refractivity contribution in [2.24, 2.45) is 0 Å². The number of likely N-dealkylation sites (N-methyl/N-ethyl adjacent to an activating group) is 1. The topological polar surface area (TPSA) is 15.3 Å². The third kappa shape index (κ3) is 6.29. The van der Waals surface area contributed by atoms with Crippen LogP contribution in [0.5, 0.6) is 0 Å². The van der Waals surface area contributed by atoms with E-state index in [9.17, 15) is 0 Å². The van der Waals surface area contributed by atoms with E-state index in [1.165, 1.54) is 23.3 Å². The molecule has 0 aliphatic carbocycles. The molecular weight excluding hydrogens is 264 g/mol. The average molecular weight is 295 g/mol. The molecule has 1 unspecified atom stereocenters. The van der Waals surface area contributed by atoms with Gasteiger partial charge in [0.1, 0.15) is 0 Å². The Balaban J connectivity index is 2.57. The van der Waals surface area contributed by atoms with Gasteiger partial charge in [0, 0.05) is 12.6 Å². The van der Waals surface area contributed by atoms with Crippen molar-refractivity contribution in [1.82, 2.24) is 10.2 Å². The van der Waals surface area contributed by atoms with Crippen LogP contribution in [-0.2, 0) is 13.0 Å². The number of nitrogens with zero attached hydrogens (tertiary/aromatic N) is 1. The molecule has 3 heteroatoms. The fraction of sp³-hybridized carbons (Fsp3) is 0.647. The minimum absolute atomic E-state index is 0.643. The molecule has 0 radical (unpaired) electrons. The second-order valence-corrected chi connectivity index (χ2v) is 6.40. The zero-order valence-corrected chi connectivity index (χ0v) is 14.3. The van der Waals surface area contributed by atoms with Gasteiger partial charge in [0.05, 0.1) is 0 Å². The summed E-state index contributed by atoms with van der Waals surface area (Å²) in [5, 5.41) is 3.41. The van der Waals surface area contributed by atoms with Gasteiger partial charge in [0.15, 0.2) is 0 Å². The molecule has 0 spiro atoms. The third-order valence-electron chi connectivity index (χ3n) is 3.85. The van der Waals surface area contributed by atoms with Gasteiger partial charge in [-0.3, -0.25) is 4.90 Å². The number of thioether (sulfide) groups is 1. The van der Waals surface area contributed by atoms with E-state index in [2.05, 4.69) is 61.6 Å². The van der Waals surface area contributed by atoms with Crippen LogP contribution >= 0.6 is 11.8 Å². The molecule has 0 fully saturated rings. The van der Waals surface area contributed by atoms with Gasteiger partial charge < -0.3 is 5.32 Å². The molecule has 0 heterocycles. The molecule has 0 aliphatic heterocycles. The van der Waals surface area contributed by atoms with Crippen LogP contribution in [0.1, 0.15) is 31.4 Å². The molecule has 0 aromatic heterocycles. The predicted molar refractivity (Wildman–Crippen MR) is 92.6 cm³/mol. The fourth-order valence-electron chi connectivity index (χ4n) is 2.29. The summed E-state index contributed by atoms with van der Waals surface area (Å²) in [6.45, 7) is 7.66. The first kappa shape index (κ1) is 17.5. The normalized spacial score (nSPS) is 12.8. The summed E-state index contributed by atoms with van der Waals surface area (Å²) >= 11 is 1.94. The van der Waals surface area contributed by atoms with E-state index in [1.807, 2.05) is 11.8 Å². The van der Waals surface area contributed by atoms with Crippen LogP contribution in [0.25, 0.3) is 0 Å². The minimum Gasteiger partial charge on any atom is -0.317 e. The Morgan fingerprint density at radius 1 is 1.25 bits per heavy atom. The van der Waals surface area contributed by atoms with Crippen molar-refractivity contribution in [3.63, 3.8) is 0 Å². The molecule has 1 aromatic rings. The maximum atomic E-state index is 3.41. The third-order valence-corrected chi connectivity index (χ3v) is 4.50. The zero-order chi connectivity index (χ0) is 14.8. The fourth-order valence-corrected chi connectivity index (χ4v) is 2.87. The molecule has 114 valence electrons. The Hall–Kier alpha value is -0.510. The van der Waals surface area contributed by atoms with Crippen molar-refractivity contribution in [2.75, 3.05) is 32.1 Å². The van der Waals surface area contributed by atoms with Crippen molar-refractivity contribution >= 4 is 11.8 Å². The van der Waals surface area contributed by atoms with Crippen LogP contribution in [0.3, 0.4) is 0 Å². The molecule has 2 nitrogen and oxygen atoms in total. The lowest BCUT2D eigenvalue weighted by Gasteiger charge is -2.25. The summed E-state index contributed by atoms with van der Waals surface area (Å²) in [5.41, 5.74) is 2.96. The molecule has 1 atom stereocenters. The highest BCUT2D eigenvalue weighted by Crippen LogP contribution is 2.15. The molecule has 1 rings (SSSR count). The monoisotopic (exact) mass is 294 g/mol. The van der Waals surface area contributed by atoms with Crippen LogP contribution < -0.4 is 5.32 Å². The van der Waals surface area contributed by atoms with Crippen molar-refractivity contribution in [1.29, 1.82) is 0 Å². The standard InChI is InChI=1S/C17H30N2S/c1-5-18-12-10-16-8-6-7-9-17(16)14-19(3)15(2)11-13-20-4/h6-9,15,18H,5,10-14H2,1-4H3. The summed E-state index contributed by atoms with van der Waals surface area (Å²) in [5.74, 6) is 1.24. The molecule has 0 aliphatic rings. The smallest absolute Gasteiger partial charge is 0.0236 e. The van der Waals surface area contributed by atoms with Crippen molar-refractivity contribution in [3.8, 4) is 0 Å². The first-order valence-corrected chi connectivity index (χ1v) is 9.05. The second kappa shape index (κ2) is 10.3. The van der Waals surface area contributed by atoms with Gasteiger partial charge in [-0.1, -0.05) is 31.2 Å². The average Bonchev–Trinajstić information content (AvgIpc) is 2.46. The number of nitrogens with one attached hydrogen (secondary N) is 1. The number of hydrogen-bond donors (Lipinski definition) is 1. The summed E-state index contributed by atoms with van der Waals surface area (Å²) in [6.07, 6.45) is 4.57. The summed E-state index contributed by atoms with van der Waals surface area (Å²) in [6, 6.07) is 9.50. The molecule has 0 saturated heterocycles. The van der Waals surface area contributed by atoms with Gasteiger partial charge in [-0.05, 0) is 63.0 Å². The Morgan fingerprint density at radius 2 is 1.95 bits per heavy atom. The highest BCUT2D eigenvalue weighted by molar-refractivity contribution is 7.98. The SMILES string of the molecule is CCNCCc1ccccc1CN(C)C(C)CCSC. The van der Waals surface area contributed by atoms with E-state index in [1.54, 1.807) is 0 Å². The Kier molecular flexibility index (Phi) is 8.99. The largest absolute Gasteiger partial charge is 0.317 e. The quantitative estimate of drug-likeness (QED) is 0.666. The zero-order valence-electron chi connectivity index (χ0n) is 13.5. The molecule has 1 aromatic carbocycles.